The second-order valence-corrected chi connectivity index (χ2v) is 6.57. The van der Waals surface area contributed by atoms with Gasteiger partial charge in [-0.3, -0.25) is 14.6 Å². The summed E-state index contributed by atoms with van der Waals surface area (Å²) in [5.41, 5.74) is 0.00212. The molecule has 0 spiro atoms. The van der Waals surface area contributed by atoms with Crippen molar-refractivity contribution in [2.45, 2.75) is 47.7 Å². The number of nitrogens with zero attached hydrogens (tertiary/aromatic N) is 3. The van der Waals surface area contributed by atoms with Gasteiger partial charge in [0, 0.05) is 16.8 Å². The fourth-order valence-electron chi connectivity index (χ4n) is 2.74. The number of nitrogens with one attached hydrogen (secondary N) is 2. The number of carbonyl (C=O) groups excluding carboxylic acids is 1. The molecule has 0 aliphatic carbocycles. The normalized spacial score (nSPS) is 11.0. The van der Waals surface area contributed by atoms with Crippen LogP contribution in [0.4, 0.5) is 19.0 Å². The highest BCUT2D eigenvalue weighted by atomic mass is 19.4. The molecule has 0 aliphatic rings. The standard InChI is InChI=1S/C19H18F3N5O2.C2H6/c1-9-12(4)26-27(18-23-11(3)10(2)16(28)25-18)15(9)24-17(29)13-7-5-6-8-14(13)19(20,21)22;1-2/h5-8H,1-4H3,(H,24,29)(H,23,25,28);1-2H3. The van der Waals surface area contributed by atoms with E-state index in [1.165, 1.54) is 16.8 Å². The lowest BCUT2D eigenvalue weighted by atomic mass is 10.1. The summed E-state index contributed by atoms with van der Waals surface area (Å²) in [6.45, 7) is 10.6. The second kappa shape index (κ2) is 9.15. The van der Waals surface area contributed by atoms with Gasteiger partial charge in [-0.2, -0.15) is 23.0 Å². The summed E-state index contributed by atoms with van der Waals surface area (Å²) in [5, 5.41) is 6.74. The van der Waals surface area contributed by atoms with Crippen molar-refractivity contribution in [3.8, 4) is 5.95 Å². The predicted molar refractivity (Wildman–Crippen MR) is 112 cm³/mol. The van der Waals surface area contributed by atoms with Gasteiger partial charge in [0.1, 0.15) is 5.82 Å². The van der Waals surface area contributed by atoms with E-state index in [4.69, 9.17) is 0 Å². The number of halogens is 3. The van der Waals surface area contributed by atoms with Crippen molar-refractivity contribution in [3.63, 3.8) is 0 Å². The Morgan fingerprint density at radius 1 is 1.03 bits per heavy atom. The first-order valence-electron chi connectivity index (χ1n) is 9.62. The molecule has 0 saturated heterocycles. The van der Waals surface area contributed by atoms with Gasteiger partial charge in [0.25, 0.3) is 11.5 Å². The van der Waals surface area contributed by atoms with E-state index in [0.29, 0.717) is 22.5 Å². The molecule has 3 rings (SSSR count). The van der Waals surface area contributed by atoms with E-state index in [2.05, 4.69) is 20.4 Å². The van der Waals surface area contributed by atoms with Crippen LogP contribution >= 0.6 is 0 Å². The number of benzene rings is 1. The van der Waals surface area contributed by atoms with Gasteiger partial charge in [-0.15, -0.1) is 0 Å². The Balaban J connectivity index is 0.00000166. The molecule has 1 amide bonds. The largest absolute Gasteiger partial charge is 0.417 e. The molecule has 3 aromatic rings. The van der Waals surface area contributed by atoms with E-state index < -0.39 is 23.2 Å². The number of aromatic amines is 1. The molecule has 0 atom stereocenters. The van der Waals surface area contributed by atoms with Crippen molar-refractivity contribution in [1.29, 1.82) is 0 Å². The molecular formula is C21H24F3N5O2. The highest BCUT2D eigenvalue weighted by Crippen LogP contribution is 2.32. The Kier molecular flexibility index (Phi) is 7.04. The molecule has 2 aromatic heterocycles. The molecule has 0 radical (unpaired) electrons. The third-order valence-corrected chi connectivity index (χ3v) is 4.65. The molecule has 7 nitrogen and oxygen atoms in total. The van der Waals surface area contributed by atoms with Crippen molar-refractivity contribution >= 4 is 11.7 Å². The van der Waals surface area contributed by atoms with Crippen LogP contribution in [0.1, 0.15) is 52.3 Å². The summed E-state index contributed by atoms with van der Waals surface area (Å²) < 4.78 is 41.0. The monoisotopic (exact) mass is 435 g/mol. The third-order valence-electron chi connectivity index (χ3n) is 4.65. The van der Waals surface area contributed by atoms with E-state index in [1.807, 2.05) is 13.8 Å². The topological polar surface area (TPSA) is 92.7 Å². The van der Waals surface area contributed by atoms with Gasteiger partial charge < -0.3 is 5.32 Å². The number of alkyl halides is 3. The molecule has 2 N–H and O–H groups in total. The van der Waals surface area contributed by atoms with Crippen molar-refractivity contribution < 1.29 is 18.0 Å². The number of hydrogen-bond donors (Lipinski definition) is 2. The minimum Gasteiger partial charge on any atom is -0.306 e. The lowest BCUT2D eigenvalue weighted by Crippen LogP contribution is -2.22. The number of rotatable bonds is 3. The number of aromatic nitrogens is 4. The van der Waals surface area contributed by atoms with Crippen LogP contribution < -0.4 is 10.9 Å². The van der Waals surface area contributed by atoms with Crippen molar-refractivity contribution in [2.24, 2.45) is 0 Å². The Morgan fingerprint density at radius 2 is 1.65 bits per heavy atom. The predicted octanol–water partition coefficient (Wildman–Crippen LogP) is 4.49. The SMILES string of the molecule is CC.Cc1nn(-c2nc(C)c(C)c(=O)[nH]2)c(NC(=O)c2ccccc2C(F)(F)F)c1C. The van der Waals surface area contributed by atoms with Crippen LogP contribution in [-0.2, 0) is 6.18 Å². The average Bonchev–Trinajstić information content (AvgIpc) is 3.01. The molecule has 166 valence electrons. The van der Waals surface area contributed by atoms with Crippen LogP contribution in [-0.4, -0.2) is 25.7 Å². The Morgan fingerprint density at radius 3 is 2.23 bits per heavy atom. The smallest absolute Gasteiger partial charge is 0.306 e. The highest BCUT2D eigenvalue weighted by molar-refractivity contribution is 6.05. The first-order valence-corrected chi connectivity index (χ1v) is 9.62. The van der Waals surface area contributed by atoms with Crippen molar-refractivity contribution in [3.05, 3.63) is 68.3 Å². The van der Waals surface area contributed by atoms with E-state index in [0.717, 1.165) is 12.1 Å². The summed E-state index contributed by atoms with van der Waals surface area (Å²) >= 11 is 0. The van der Waals surface area contributed by atoms with E-state index >= 15 is 0 Å². The average molecular weight is 435 g/mol. The fraction of sp³-hybridized carbons (Fsp3) is 0.333. The zero-order valence-electron chi connectivity index (χ0n) is 18.1. The molecule has 0 fully saturated rings. The molecule has 0 bridgehead atoms. The molecule has 0 unspecified atom stereocenters. The summed E-state index contributed by atoms with van der Waals surface area (Å²) in [7, 11) is 0. The van der Waals surface area contributed by atoms with Crippen LogP contribution in [0.15, 0.2) is 29.1 Å². The van der Waals surface area contributed by atoms with Gasteiger partial charge in [-0.1, -0.05) is 26.0 Å². The van der Waals surface area contributed by atoms with Gasteiger partial charge in [0.05, 0.1) is 16.8 Å². The lowest BCUT2D eigenvalue weighted by Gasteiger charge is -2.14. The molecule has 0 saturated carbocycles. The van der Waals surface area contributed by atoms with Crippen LogP contribution in [0, 0.1) is 27.7 Å². The van der Waals surface area contributed by atoms with Gasteiger partial charge in [-0.25, -0.2) is 4.98 Å². The molecule has 2 heterocycles. The maximum Gasteiger partial charge on any atom is 0.417 e. The van der Waals surface area contributed by atoms with Gasteiger partial charge >= 0.3 is 6.18 Å². The number of amides is 1. The fourth-order valence-corrected chi connectivity index (χ4v) is 2.74. The number of H-pyrrole nitrogens is 1. The minimum absolute atomic E-state index is 0.0497. The maximum absolute atomic E-state index is 13.3. The summed E-state index contributed by atoms with van der Waals surface area (Å²) in [6, 6.07) is 4.49. The minimum atomic E-state index is -4.68. The Labute approximate surface area is 177 Å². The first kappa shape index (κ1) is 23.8. The van der Waals surface area contributed by atoms with Gasteiger partial charge in [-0.05, 0) is 39.8 Å². The number of carbonyl (C=O) groups is 1. The van der Waals surface area contributed by atoms with Crippen molar-refractivity contribution in [1.82, 2.24) is 19.7 Å². The number of hydrogen-bond acceptors (Lipinski definition) is 4. The molecule has 31 heavy (non-hydrogen) atoms. The number of anilines is 1. The maximum atomic E-state index is 13.3. The van der Waals surface area contributed by atoms with Gasteiger partial charge in [0.15, 0.2) is 0 Å². The lowest BCUT2D eigenvalue weighted by molar-refractivity contribution is -0.137. The Hall–Kier alpha value is -3.43. The summed E-state index contributed by atoms with van der Waals surface area (Å²) in [5.74, 6) is -0.780. The summed E-state index contributed by atoms with van der Waals surface area (Å²) in [4.78, 5) is 31.6. The zero-order valence-corrected chi connectivity index (χ0v) is 18.1. The van der Waals surface area contributed by atoms with Crippen LogP contribution in [0.2, 0.25) is 0 Å². The molecular weight excluding hydrogens is 411 g/mol. The van der Waals surface area contributed by atoms with E-state index in [-0.39, 0.29) is 17.3 Å². The quantitative estimate of drug-likeness (QED) is 0.634. The first-order chi connectivity index (χ1) is 14.5. The van der Waals surface area contributed by atoms with Crippen LogP contribution in [0.5, 0.6) is 0 Å². The zero-order chi connectivity index (χ0) is 23.5. The van der Waals surface area contributed by atoms with Crippen LogP contribution in [0.3, 0.4) is 0 Å². The molecule has 0 aliphatic heterocycles. The number of aryl methyl sites for hydroxylation is 2. The van der Waals surface area contributed by atoms with E-state index in [1.54, 1.807) is 27.7 Å². The molecule has 1 aromatic carbocycles. The van der Waals surface area contributed by atoms with Gasteiger partial charge in [0.2, 0.25) is 5.95 Å². The second-order valence-electron chi connectivity index (χ2n) is 6.57. The Bertz CT molecular complexity index is 1160. The third kappa shape index (κ3) is 4.84. The summed E-state index contributed by atoms with van der Waals surface area (Å²) in [6.07, 6.45) is -4.68. The van der Waals surface area contributed by atoms with Crippen molar-refractivity contribution in [2.75, 3.05) is 5.32 Å². The van der Waals surface area contributed by atoms with E-state index in [9.17, 15) is 22.8 Å². The molecule has 10 heteroatoms. The van der Waals surface area contributed by atoms with Crippen LogP contribution in [0.25, 0.3) is 5.95 Å². The highest BCUT2D eigenvalue weighted by Gasteiger charge is 2.35.